The predicted octanol–water partition coefficient (Wildman–Crippen LogP) is 6.60. The van der Waals surface area contributed by atoms with Crippen molar-refractivity contribution in [3.05, 3.63) is 34.4 Å². The first-order chi connectivity index (χ1) is 21.3. The molecule has 1 saturated carbocycles. The van der Waals surface area contributed by atoms with Crippen molar-refractivity contribution in [3.8, 4) is 29.0 Å². The fourth-order valence-corrected chi connectivity index (χ4v) is 8.58. The van der Waals surface area contributed by atoms with Gasteiger partial charge in [-0.2, -0.15) is 15.2 Å². The molecule has 5 heterocycles. The Kier molecular flexibility index (Phi) is 6.52. The molecule has 2 aromatic heterocycles. The van der Waals surface area contributed by atoms with E-state index < -0.39 is 23.3 Å². The minimum absolute atomic E-state index is 0.0119. The lowest BCUT2D eigenvalue weighted by Gasteiger charge is -2.32. The lowest BCUT2D eigenvalue weighted by Crippen LogP contribution is -2.43. The van der Waals surface area contributed by atoms with Crippen molar-refractivity contribution in [3.63, 3.8) is 0 Å². The summed E-state index contributed by atoms with van der Waals surface area (Å²) in [6.45, 7) is 2.35. The molecule has 13 heteroatoms. The number of nitrogens with zero attached hydrogens (tertiary/aromatic N) is 5. The molecule has 1 aliphatic carbocycles. The van der Waals surface area contributed by atoms with Crippen molar-refractivity contribution in [2.75, 3.05) is 43.5 Å². The lowest BCUT2D eigenvalue weighted by atomic mass is 9.95. The maximum Gasteiger partial charge on any atom is 0.319 e. The molecule has 3 aliphatic heterocycles. The minimum atomic E-state index is -0.922. The fourth-order valence-electron chi connectivity index (χ4n) is 7.29. The van der Waals surface area contributed by atoms with Crippen LogP contribution in [-0.2, 0) is 0 Å². The van der Waals surface area contributed by atoms with Crippen LogP contribution in [0, 0.1) is 23.0 Å². The van der Waals surface area contributed by atoms with E-state index in [1.807, 2.05) is 6.07 Å². The highest BCUT2D eigenvalue weighted by molar-refractivity contribution is 7.23. The molecule has 2 atom stereocenters. The number of ether oxygens (including phenoxy) is 2. The third-order valence-corrected chi connectivity index (χ3v) is 10.8. The van der Waals surface area contributed by atoms with Crippen LogP contribution in [0.4, 0.5) is 24.0 Å². The van der Waals surface area contributed by atoms with E-state index in [0.29, 0.717) is 43.7 Å². The molecule has 0 spiro atoms. The summed E-state index contributed by atoms with van der Waals surface area (Å²) < 4.78 is 58.9. The molecule has 44 heavy (non-hydrogen) atoms. The second-order valence-electron chi connectivity index (χ2n) is 12.1. The number of hydrogen-bond acceptors (Lipinski definition) is 9. The van der Waals surface area contributed by atoms with Crippen LogP contribution in [0.3, 0.4) is 0 Å². The lowest BCUT2D eigenvalue weighted by molar-refractivity contribution is 0.107. The van der Waals surface area contributed by atoms with Crippen molar-refractivity contribution in [1.29, 1.82) is 5.26 Å². The first kappa shape index (κ1) is 28.0. The molecule has 3 fully saturated rings. The van der Waals surface area contributed by atoms with E-state index >= 15 is 4.39 Å². The van der Waals surface area contributed by atoms with Crippen molar-refractivity contribution in [2.45, 2.75) is 56.3 Å². The van der Waals surface area contributed by atoms with Gasteiger partial charge < -0.3 is 20.1 Å². The average Bonchev–Trinajstić information content (AvgIpc) is 3.56. The zero-order chi connectivity index (χ0) is 30.3. The van der Waals surface area contributed by atoms with E-state index in [4.69, 9.17) is 31.8 Å². The Morgan fingerprint density at radius 2 is 2.05 bits per heavy atom. The number of rotatable bonds is 5. The number of nitrogen functional groups attached to an aromatic ring is 1. The van der Waals surface area contributed by atoms with Gasteiger partial charge in [-0.05, 0) is 50.3 Å². The summed E-state index contributed by atoms with van der Waals surface area (Å²) in [5, 5.41) is 10.5. The van der Waals surface area contributed by atoms with Gasteiger partial charge in [0, 0.05) is 36.5 Å². The molecule has 2 saturated heterocycles. The number of nitriles is 1. The summed E-state index contributed by atoms with van der Waals surface area (Å²) >= 11 is 7.91. The summed E-state index contributed by atoms with van der Waals surface area (Å²) in [5.41, 5.74) is 5.77. The molecule has 4 aromatic rings. The van der Waals surface area contributed by atoms with E-state index in [0.717, 1.165) is 43.6 Å². The maximum atomic E-state index is 17.0. The first-order valence-corrected chi connectivity index (χ1v) is 16.0. The van der Waals surface area contributed by atoms with Gasteiger partial charge in [0.05, 0.1) is 32.8 Å². The molecule has 2 N–H and O–H groups in total. The number of aromatic nitrogens is 2. The molecule has 8 nitrogen and oxygen atoms in total. The standard InChI is InChI=1S/C31H28ClF3N6O2S/c32-23-21(17-5-6-19(34)27-20(17)18(12-36)28(37)44-27)24(35)25-22-26(23)42-10-2-9-41(16-3-4-16)29(22)39-30(38-25)43-14-31-7-1-8-40(31)13-15(33)11-31/h5-6,15-16H,1-4,7-11,13-14,37H2/t15-,31+/m1/s1. The van der Waals surface area contributed by atoms with Gasteiger partial charge in [-0.3, -0.25) is 4.90 Å². The molecule has 228 valence electrons. The molecule has 2 aromatic carbocycles. The highest BCUT2D eigenvalue weighted by Gasteiger charge is 2.49. The molecule has 8 rings (SSSR count). The fraction of sp³-hybridized carbons (Fsp3) is 0.452. The number of benzene rings is 2. The quantitative estimate of drug-likeness (QED) is 0.260. The largest absolute Gasteiger partial charge is 0.491 e. The molecule has 4 aliphatic rings. The molecule has 0 radical (unpaired) electrons. The van der Waals surface area contributed by atoms with Crippen molar-refractivity contribution < 1.29 is 22.6 Å². The Bertz CT molecular complexity index is 1890. The Balaban J connectivity index is 1.35. The van der Waals surface area contributed by atoms with E-state index in [1.54, 1.807) is 0 Å². The third kappa shape index (κ3) is 4.19. The van der Waals surface area contributed by atoms with Gasteiger partial charge in [-0.15, -0.1) is 11.3 Å². The summed E-state index contributed by atoms with van der Waals surface area (Å²) in [6, 6.07) is 4.87. The first-order valence-electron chi connectivity index (χ1n) is 14.8. The number of thiophene rings is 1. The van der Waals surface area contributed by atoms with Gasteiger partial charge in [-0.1, -0.05) is 17.7 Å². The monoisotopic (exact) mass is 640 g/mol. The van der Waals surface area contributed by atoms with Crippen LogP contribution in [0.25, 0.3) is 32.1 Å². The highest BCUT2D eigenvalue weighted by atomic mass is 35.5. The topological polar surface area (TPSA) is 101 Å². The Morgan fingerprint density at radius 3 is 2.84 bits per heavy atom. The van der Waals surface area contributed by atoms with Crippen molar-refractivity contribution in [2.24, 2.45) is 0 Å². The number of alkyl halides is 1. The third-order valence-electron chi connectivity index (χ3n) is 9.42. The SMILES string of the molecule is N#Cc1c(N)sc2c(F)ccc(-c3c(Cl)c4c5c(nc(OC[C@@]67CCCN6C[C@H](F)C7)nc5c3F)N(C3CC3)CCCO4)c12. The Labute approximate surface area is 260 Å². The average molecular weight is 641 g/mol. The highest BCUT2D eigenvalue weighted by Crippen LogP contribution is 2.51. The molecule has 0 unspecified atom stereocenters. The van der Waals surface area contributed by atoms with E-state index in [-0.39, 0.29) is 66.7 Å². The normalized spacial score (nSPS) is 23.4. The summed E-state index contributed by atoms with van der Waals surface area (Å²) in [5.74, 6) is -0.644. The second-order valence-corrected chi connectivity index (χ2v) is 13.6. The second kappa shape index (κ2) is 10.3. The van der Waals surface area contributed by atoms with Crippen LogP contribution < -0.4 is 20.1 Å². The van der Waals surface area contributed by atoms with E-state index in [2.05, 4.69) is 14.8 Å². The predicted molar refractivity (Wildman–Crippen MR) is 163 cm³/mol. The van der Waals surface area contributed by atoms with Crippen LogP contribution in [-0.4, -0.2) is 65.5 Å². The van der Waals surface area contributed by atoms with Gasteiger partial charge in [0.25, 0.3) is 0 Å². The van der Waals surface area contributed by atoms with Crippen molar-refractivity contribution in [1.82, 2.24) is 14.9 Å². The van der Waals surface area contributed by atoms with Gasteiger partial charge in [0.15, 0.2) is 11.6 Å². The van der Waals surface area contributed by atoms with Crippen LogP contribution in [0.2, 0.25) is 5.02 Å². The van der Waals surface area contributed by atoms with E-state index in [9.17, 15) is 14.0 Å². The van der Waals surface area contributed by atoms with Gasteiger partial charge in [0.1, 0.15) is 41.0 Å². The number of nitrogens with two attached hydrogens (primary N) is 1. The molecule has 0 amide bonds. The van der Waals surface area contributed by atoms with Crippen LogP contribution in [0.1, 0.15) is 44.1 Å². The number of anilines is 2. The number of hydrogen-bond donors (Lipinski definition) is 1. The van der Waals surface area contributed by atoms with E-state index in [1.165, 1.54) is 12.1 Å². The van der Waals surface area contributed by atoms with Gasteiger partial charge in [-0.25, -0.2) is 13.2 Å². The minimum Gasteiger partial charge on any atom is -0.491 e. The zero-order valence-electron chi connectivity index (χ0n) is 23.6. The van der Waals surface area contributed by atoms with Crippen LogP contribution in [0.15, 0.2) is 12.1 Å². The number of fused-ring (bicyclic) bond motifs is 2. The summed E-state index contributed by atoms with van der Waals surface area (Å²) in [6.07, 6.45) is 3.85. The van der Waals surface area contributed by atoms with Crippen LogP contribution >= 0.6 is 22.9 Å². The smallest absolute Gasteiger partial charge is 0.319 e. The summed E-state index contributed by atoms with van der Waals surface area (Å²) in [7, 11) is 0. The molecule has 0 bridgehead atoms. The van der Waals surface area contributed by atoms with Crippen molar-refractivity contribution >= 4 is 54.7 Å². The number of halogens is 4. The van der Waals surface area contributed by atoms with Crippen LogP contribution in [0.5, 0.6) is 11.8 Å². The zero-order valence-corrected chi connectivity index (χ0v) is 25.2. The summed E-state index contributed by atoms with van der Waals surface area (Å²) in [4.78, 5) is 13.7. The Hall–Kier alpha value is -3.53. The van der Waals surface area contributed by atoms with Gasteiger partial charge in [0.2, 0.25) is 0 Å². The Morgan fingerprint density at radius 1 is 1.20 bits per heavy atom. The molecular weight excluding hydrogens is 613 g/mol. The van der Waals surface area contributed by atoms with Gasteiger partial charge >= 0.3 is 6.01 Å². The molecular formula is C31H28ClF3N6O2S. The maximum absolute atomic E-state index is 17.0.